The van der Waals surface area contributed by atoms with Gasteiger partial charge >= 0.3 is 0 Å². The van der Waals surface area contributed by atoms with Gasteiger partial charge in [0.05, 0.1) is 7.11 Å². The van der Waals surface area contributed by atoms with Crippen LogP contribution >= 0.6 is 27.3 Å². The first kappa shape index (κ1) is 16.5. The highest BCUT2D eigenvalue weighted by molar-refractivity contribution is 9.10. The first-order chi connectivity index (χ1) is 10.2. The lowest BCUT2D eigenvalue weighted by Gasteiger charge is -2.18. The number of methoxy groups -OCH3 is 1. The van der Waals surface area contributed by atoms with Crippen molar-refractivity contribution in [1.29, 1.82) is 0 Å². The molecule has 1 heterocycles. The van der Waals surface area contributed by atoms with E-state index in [4.69, 9.17) is 4.74 Å². The monoisotopic (exact) mass is 367 g/mol. The summed E-state index contributed by atoms with van der Waals surface area (Å²) < 4.78 is 6.42. The lowest BCUT2D eigenvalue weighted by molar-refractivity contribution is 0.414. The first-order valence-electron chi connectivity index (χ1n) is 7.33. The smallest absolute Gasteiger partial charge is 0.118 e. The number of nitrogens with one attached hydrogen (secondary N) is 1. The predicted molar refractivity (Wildman–Crippen MR) is 94.4 cm³/mol. The zero-order valence-corrected chi connectivity index (χ0v) is 15.0. The summed E-state index contributed by atoms with van der Waals surface area (Å²) in [5.41, 5.74) is 1.35. The molecular weight excluding hydrogens is 346 g/mol. The minimum atomic E-state index is 0.418. The van der Waals surface area contributed by atoms with Gasteiger partial charge in [-0.3, -0.25) is 0 Å². The molecule has 0 aliphatic heterocycles. The summed E-state index contributed by atoms with van der Waals surface area (Å²) in [4.78, 5) is 1.40. The molecule has 0 fully saturated rings. The van der Waals surface area contributed by atoms with Crippen molar-refractivity contribution >= 4 is 27.3 Å². The summed E-state index contributed by atoms with van der Waals surface area (Å²) in [5, 5.41) is 5.81. The summed E-state index contributed by atoms with van der Waals surface area (Å²) in [6, 6.07) is 10.9. The molecule has 0 radical (unpaired) electrons. The van der Waals surface area contributed by atoms with Gasteiger partial charge in [0, 0.05) is 15.4 Å². The maximum Gasteiger partial charge on any atom is 0.118 e. The Bertz CT molecular complexity index is 538. The van der Waals surface area contributed by atoms with Gasteiger partial charge in [-0.05, 0) is 70.9 Å². The second kappa shape index (κ2) is 8.57. The number of ether oxygens (including phenoxy) is 1. The first-order valence-corrected chi connectivity index (χ1v) is 9.01. The van der Waals surface area contributed by atoms with Gasteiger partial charge in [0.15, 0.2) is 0 Å². The maximum atomic E-state index is 5.21. The van der Waals surface area contributed by atoms with Crippen molar-refractivity contribution in [2.24, 2.45) is 0 Å². The third kappa shape index (κ3) is 4.83. The van der Waals surface area contributed by atoms with Crippen molar-refractivity contribution in [2.75, 3.05) is 13.7 Å². The lowest BCUT2D eigenvalue weighted by Crippen LogP contribution is -2.22. The molecular formula is C17H22BrNOS. The molecule has 114 valence electrons. The molecule has 4 heteroatoms. The number of aryl methyl sites for hydroxylation is 1. The van der Waals surface area contributed by atoms with E-state index in [-0.39, 0.29) is 0 Å². The second-order valence-electron chi connectivity index (χ2n) is 5.03. The van der Waals surface area contributed by atoms with Crippen molar-refractivity contribution in [3.63, 3.8) is 0 Å². The van der Waals surface area contributed by atoms with Gasteiger partial charge in [0.2, 0.25) is 0 Å². The third-order valence-corrected chi connectivity index (χ3v) is 5.47. The normalized spacial score (nSPS) is 12.3. The van der Waals surface area contributed by atoms with Crippen LogP contribution in [0.1, 0.15) is 36.2 Å². The topological polar surface area (TPSA) is 21.3 Å². The summed E-state index contributed by atoms with van der Waals surface area (Å²) in [6.45, 7) is 3.26. The number of halogens is 1. The Kier molecular flexibility index (Phi) is 6.74. The summed E-state index contributed by atoms with van der Waals surface area (Å²) in [5.74, 6) is 0.917. The molecule has 1 N–H and O–H groups in total. The molecule has 1 unspecified atom stereocenters. The molecule has 0 aliphatic rings. The van der Waals surface area contributed by atoms with E-state index >= 15 is 0 Å². The minimum Gasteiger partial charge on any atom is -0.497 e. The van der Waals surface area contributed by atoms with Crippen LogP contribution in [-0.4, -0.2) is 13.7 Å². The van der Waals surface area contributed by atoms with Crippen LogP contribution in [-0.2, 0) is 6.42 Å². The summed E-state index contributed by atoms with van der Waals surface area (Å²) >= 11 is 5.48. The van der Waals surface area contributed by atoms with Gasteiger partial charge in [-0.15, -0.1) is 11.3 Å². The molecule has 0 amide bonds. The molecule has 1 aromatic carbocycles. The molecule has 1 atom stereocenters. The average Bonchev–Trinajstić information content (AvgIpc) is 2.94. The Hall–Kier alpha value is -0.840. The lowest BCUT2D eigenvalue weighted by atomic mass is 10.0. The van der Waals surface area contributed by atoms with Crippen molar-refractivity contribution in [1.82, 2.24) is 5.32 Å². The maximum absolute atomic E-state index is 5.21. The van der Waals surface area contributed by atoms with Crippen LogP contribution in [0.15, 0.2) is 40.2 Å². The zero-order valence-electron chi connectivity index (χ0n) is 12.6. The number of rotatable bonds is 8. The van der Waals surface area contributed by atoms with E-state index in [0.29, 0.717) is 6.04 Å². The Morgan fingerprint density at radius 1 is 1.24 bits per heavy atom. The quantitative estimate of drug-likeness (QED) is 0.692. The van der Waals surface area contributed by atoms with Crippen LogP contribution in [0.2, 0.25) is 0 Å². The zero-order chi connectivity index (χ0) is 15.1. The van der Waals surface area contributed by atoms with Crippen LogP contribution < -0.4 is 10.1 Å². The largest absolute Gasteiger partial charge is 0.497 e. The van der Waals surface area contributed by atoms with E-state index in [9.17, 15) is 0 Å². The van der Waals surface area contributed by atoms with Crippen LogP contribution in [0.5, 0.6) is 5.75 Å². The van der Waals surface area contributed by atoms with E-state index in [1.807, 2.05) is 23.5 Å². The van der Waals surface area contributed by atoms with Gasteiger partial charge in [-0.2, -0.15) is 0 Å². The SMILES string of the molecule is CCCNC(CCc1ccc(OC)cc1)c1sccc1Br. The van der Waals surface area contributed by atoms with Crippen molar-refractivity contribution < 1.29 is 4.74 Å². The highest BCUT2D eigenvalue weighted by Gasteiger charge is 2.15. The summed E-state index contributed by atoms with van der Waals surface area (Å²) in [7, 11) is 1.70. The Morgan fingerprint density at radius 2 is 2.00 bits per heavy atom. The molecule has 0 aliphatic carbocycles. The minimum absolute atomic E-state index is 0.418. The predicted octanol–water partition coefficient (Wildman–Crippen LogP) is 5.19. The third-order valence-electron chi connectivity index (χ3n) is 3.48. The van der Waals surface area contributed by atoms with E-state index in [1.165, 1.54) is 14.9 Å². The molecule has 2 nitrogen and oxygen atoms in total. The Balaban J connectivity index is 1.99. The number of benzene rings is 1. The summed E-state index contributed by atoms with van der Waals surface area (Å²) in [6.07, 6.45) is 3.32. The average molecular weight is 368 g/mol. The fourth-order valence-corrected chi connectivity index (χ4v) is 4.06. The Labute approximate surface area is 139 Å². The van der Waals surface area contributed by atoms with Crippen molar-refractivity contribution in [3.05, 3.63) is 50.6 Å². The highest BCUT2D eigenvalue weighted by atomic mass is 79.9. The van der Waals surface area contributed by atoms with Gasteiger partial charge in [-0.1, -0.05) is 19.1 Å². The van der Waals surface area contributed by atoms with E-state index in [1.54, 1.807) is 7.11 Å². The molecule has 0 spiro atoms. The van der Waals surface area contributed by atoms with E-state index < -0.39 is 0 Å². The van der Waals surface area contributed by atoms with Crippen LogP contribution in [0.3, 0.4) is 0 Å². The molecule has 21 heavy (non-hydrogen) atoms. The van der Waals surface area contributed by atoms with E-state index in [0.717, 1.165) is 31.6 Å². The van der Waals surface area contributed by atoms with Crippen LogP contribution in [0, 0.1) is 0 Å². The van der Waals surface area contributed by atoms with Gasteiger partial charge < -0.3 is 10.1 Å². The molecule has 2 rings (SSSR count). The highest BCUT2D eigenvalue weighted by Crippen LogP contribution is 2.31. The van der Waals surface area contributed by atoms with Crippen LogP contribution in [0.4, 0.5) is 0 Å². The number of hydrogen-bond donors (Lipinski definition) is 1. The molecule has 0 saturated heterocycles. The molecule has 0 saturated carbocycles. The van der Waals surface area contributed by atoms with Gasteiger partial charge in [0.1, 0.15) is 5.75 Å². The van der Waals surface area contributed by atoms with Crippen LogP contribution in [0.25, 0.3) is 0 Å². The number of hydrogen-bond acceptors (Lipinski definition) is 3. The molecule has 1 aromatic heterocycles. The molecule has 2 aromatic rings. The van der Waals surface area contributed by atoms with Crippen molar-refractivity contribution in [3.8, 4) is 5.75 Å². The Morgan fingerprint density at radius 3 is 2.57 bits per heavy atom. The van der Waals surface area contributed by atoms with Gasteiger partial charge in [0.25, 0.3) is 0 Å². The van der Waals surface area contributed by atoms with Crippen molar-refractivity contribution in [2.45, 2.75) is 32.2 Å². The fraction of sp³-hybridized carbons (Fsp3) is 0.412. The second-order valence-corrected chi connectivity index (χ2v) is 6.83. The van der Waals surface area contributed by atoms with Gasteiger partial charge in [-0.25, -0.2) is 0 Å². The number of thiophene rings is 1. The fourth-order valence-electron chi connectivity index (χ4n) is 2.30. The van der Waals surface area contributed by atoms with E-state index in [2.05, 4.69) is 51.7 Å². The standard InChI is InChI=1S/C17H22BrNOS/c1-3-11-19-16(17-15(18)10-12-21-17)9-6-13-4-7-14(20-2)8-5-13/h4-5,7-8,10,12,16,19H,3,6,9,11H2,1-2H3. The molecule has 0 bridgehead atoms.